The van der Waals surface area contributed by atoms with Gasteiger partial charge in [0.2, 0.25) is 0 Å². The van der Waals surface area contributed by atoms with Gasteiger partial charge in [-0.05, 0) is 19.1 Å². The Labute approximate surface area is 95.8 Å². The molecular weight excluding hydrogens is 283 g/mol. The molecule has 1 saturated carbocycles. The van der Waals surface area contributed by atoms with Gasteiger partial charge >= 0.3 is 0 Å². The first-order valence-electron chi connectivity index (χ1n) is 4.20. The van der Waals surface area contributed by atoms with Gasteiger partial charge in [0, 0.05) is 0 Å². The lowest BCUT2D eigenvalue weighted by Crippen LogP contribution is -2.15. The number of hydrogen-bond donors (Lipinski definition) is 1. The van der Waals surface area contributed by atoms with Crippen molar-refractivity contribution in [2.45, 2.75) is 38.1 Å². The Bertz CT molecular complexity index is 144. The van der Waals surface area contributed by atoms with E-state index in [2.05, 4.69) is 4.99 Å². The van der Waals surface area contributed by atoms with Crippen LogP contribution in [0, 0.1) is 0 Å². The molecule has 0 heterocycles. The van der Waals surface area contributed by atoms with Crippen molar-refractivity contribution in [2.75, 3.05) is 6.26 Å². The second kappa shape index (κ2) is 7.00. The second-order valence-electron chi connectivity index (χ2n) is 2.96. The summed E-state index contributed by atoms with van der Waals surface area (Å²) in [7, 11) is 0. The third-order valence-electron chi connectivity index (χ3n) is 2.09. The lowest BCUT2D eigenvalue weighted by atomic mass is 9.96. The Hall–Kier alpha value is 0.550. The number of amidine groups is 1. The van der Waals surface area contributed by atoms with Gasteiger partial charge in [-0.3, -0.25) is 4.99 Å². The van der Waals surface area contributed by atoms with E-state index in [1.165, 1.54) is 32.1 Å². The molecule has 1 fully saturated rings. The zero-order valence-corrected chi connectivity index (χ0v) is 10.6. The first-order valence-corrected chi connectivity index (χ1v) is 5.42. The van der Waals surface area contributed by atoms with Crippen molar-refractivity contribution in [3.63, 3.8) is 0 Å². The molecule has 0 bridgehead atoms. The van der Waals surface area contributed by atoms with Crippen molar-refractivity contribution >= 4 is 40.9 Å². The lowest BCUT2D eigenvalue weighted by molar-refractivity contribution is 0.444. The fourth-order valence-corrected chi connectivity index (χ4v) is 1.70. The summed E-state index contributed by atoms with van der Waals surface area (Å²) < 4.78 is 0. The van der Waals surface area contributed by atoms with Gasteiger partial charge in [-0.2, -0.15) is 0 Å². The predicted octanol–water partition coefficient (Wildman–Crippen LogP) is 2.61. The van der Waals surface area contributed by atoms with E-state index in [4.69, 9.17) is 5.73 Å². The summed E-state index contributed by atoms with van der Waals surface area (Å²) in [6.45, 7) is 0. The van der Waals surface area contributed by atoms with Crippen molar-refractivity contribution in [3.8, 4) is 0 Å². The molecule has 0 aromatic carbocycles. The molecule has 0 saturated heterocycles. The normalized spacial score (nSPS) is 20.2. The van der Waals surface area contributed by atoms with E-state index < -0.39 is 0 Å². The Balaban J connectivity index is 0.00000121. The Kier molecular flexibility index (Phi) is 7.32. The molecule has 0 atom stereocenters. The molecule has 2 N–H and O–H groups in total. The van der Waals surface area contributed by atoms with Crippen LogP contribution in [-0.4, -0.2) is 17.5 Å². The summed E-state index contributed by atoms with van der Waals surface area (Å²) in [5.41, 5.74) is 5.62. The van der Waals surface area contributed by atoms with Crippen molar-refractivity contribution < 1.29 is 0 Å². The lowest BCUT2D eigenvalue weighted by Gasteiger charge is -2.17. The topological polar surface area (TPSA) is 38.4 Å². The molecule has 1 aliphatic rings. The highest BCUT2D eigenvalue weighted by molar-refractivity contribution is 14.0. The first kappa shape index (κ1) is 12.6. The van der Waals surface area contributed by atoms with Crippen molar-refractivity contribution in [3.05, 3.63) is 0 Å². The smallest absolute Gasteiger partial charge is 0.153 e. The van der Waals surface area contributed by atoms with Crippen LogP contribution in [0.1, 0.15) is 32.1 Å². The SMILES string of the molecule is CSC(N)=NC1CCCCC1.I. The molecule has 0 amide bonds. The van der Waals surface area contributed by atoms with E-state index in [1.54, 1.807) is 11.8 Å². The van der Waals surface area contributed by atoms with Gasteiger partial charge in [-0.1, -0.05) is 31.0 Å². The minimum atomic E-state index is 0. The van der Waals surface area contributed by atoms with E-state index >= 15 is 0 Å². The van der Waals surface area contributed by atoms with Crippen LogP contribution < -0.4 is 5.73 Å². The summed E-state index contributed by atoms with van der Waals surface area (Å²) in [6, 6.07) is 0.524. The monoisotopic (exact) mass is 300 g/mol. The van der Waals surface area contributed by atoms with Crippen LogP contribution in [0.4, 0.5) is 0 Å². The van der Waals surface area contributed by atoms with Crippen LogP contribution in [-0.2, 0) is 0 Å². The zero-order chi connectivity index (χ0) is 8.10. The standard InChI is InChI=1S/C8H16N2S.HI/c1-11-8(9)10-7-5-3-2-4-6-7;/h7H,2-6H2,1H3,(H2,9,10);1H. The third kappa shape index (κ3) is 4.54. The highest BCUT2D eigenvalue weighted by atomic mass is 127. The largest absolute Gasteiger partial charge is 0.379 e. The van der Waals surface area contributed by atoms with Crippen LogP contribution in [0.3, 0.4) is 0 Å². The summed E-state index contributed by atoms with van der Waals surface area (Å²) in [6.07, 6.45) is 8.49. The average Bonchev–Trinajstić information content (AvgIpc) is 2.06. The quantitative estimate of drug-likeness (QED) is 0.459. The van der Waals surface area contributed by atoms with E-state index in [1.807, 2.05) is 6.26 Å². The minimum absolute atomic E-state index is 0. The van der Waals surface area contributed by atoms with E-state index in [9.17, 15) is 0 Å². The number of nitrogens with two attached hydrogens (primary N) is 1. The molecule has 2 nitrogen and oxygen atoms in total. The minimum Gasteiger partial charge on any atom is -0.379 e. The van der Waals surface area contributed by atoms with Gasteiger partial charge < -0.3 is 5.73 Å². The summed E-state index contributed by atoms with van der Waals surface area (Å²) in [5, 5.41) is 0.747. The summed E-state index contributed by atoms with van der Waals surface area (Å²) in [5.74, 6) is 0. The second-order valence-corrected chi connectivity index (χ2v) is 3.79. The molecule has 0 radical (unpaired) electrons. The van der Waals surface area contributed by atoms with Crippen molar-refractivity contribution in [1.29, 1.82) is 0 Å². The number of halogens is 1. The van der Waals surface area contributed by atoms with Gasteiger partial charge in [-0.15, -0.1) is 24.0 Å². The molecule has 0 aromatic rings. The van der Waals surface area contributed by atoms with Gasteiger partial charge in [0.15, 0.2) is 5.17 Å². The van der Waals surface area contributed by atoms with Gasteiger partial charge in [-0.25, -0.2) is 0 Å². The molecule has 12 heavy (non-hydrogen) atoms. The number of rotatable bonds is 1. The fraction of sp³-hybridized carbons (Fsp3) is 0.875. The number of nitrogens with zero attached hydrogens (tertiary/aromatic N) is 1. The first-order chi connectivity index (χ1) is 5.33. The average molecular weight is 300 g/mol. The van der Waals surface area contributed by atoms with Crippen LogP contribution in [0.25, 0.3) is 0 Å². The molecule has 1 aliphatic carbocycles. The maximum absolute atomic E-state index is 5.62. The number of hydrogen-bond acceptors (Lipinski definition) is 2. The molecule has 0 aliphatic heterocycles. The highest BCUT2D eigenvalue weighted by Crippen LogP contribution is 2.20. The van der Waals surface area contributed by atoms with Crippen LogP contribution >= 0.6 is 35.7 Å². The van der Waals surface area contributed by atoms with E-state index in [0.717, 1.165) is 5.17 Å². The van der Waals surface area contributed by atoms with E-state index in [-0.39, 0.29) is 24.0 Å². The molecule has 1 rings (SSSR count). The molecular formula is C8H17IN2S. The van der Waals surface area contributed by atoms with Gasteiger partial charge in [0.05, 0.1) is 6.04 Å². The van der Waals surface area contributed by atoms with Crippen molar-refractivity contribution in [1.82, 2.24) is 0 Å². The summed E-state index contributed by atoms with van der Waals surface area (Å²) in [4.78, 5) is 4.41. The number of thioether (sulfide) groups is 1. The Morgan fingerprint density at radius 1 is 1.33 bits per heavy atom. The zero-order valence-electron chi connectivity index (χ0n) is 7.45. The van der Waals surface area contributed by atoms with Crippen LogP contribution in [0.15, 0.2) is 4.99 Å². The fourth-order valence-electron chi connectivity index (χ4n) is 1.44. The molecule has 72 valence electrons. The molecule has 4 heteroatoms. The van der Waals surface area contributed by atoms with Gasteiger partial charge in [0.25, 0.3) is 0 Å². The molecule has 0 aromatic heterocycles. The summed E-state index contributed by atoms with van der Waals surface area (Å²) >= 11 is 1.55. The number of aliphatic imine (C=N–C) groups is 1. The molecule has 0 unspecified atom stereocenters. The maximum Gasteiger partial charge on any atom is 0.153 e. The third-order valence-corrected chi connectivity index (χ3v) is 2.62. The predicted molar refractivity (Wildman–Crippen MR) is 67.4 cm³/mol. The van der Waals surface area contributed by atoms with Crippen molar-refractivity contribution in [2.24, 2.45) is 10.7 Å². The Morgan fingerprint density at radius 3 is 2.42 bits per heavy atom. The molecule has 0 spiro atoms. The van der Waals surface area contributed by atoms with Crippen LogP contribution in [0.5, 0.6) is 0 Å². The van der Waals surface area contributed by atoms with E-state index in [0.29, 0.717) is 6.04 Å². The maximum atomic E-state index is 5.62. The Morgan fingerprint density at radius 2 is 1.92 bits per heavy atom. The van der Waals surface area contributed by atoms with Gasteiger partial charge in [0.1, 0.15) is 0 Å². The van der Waals surface area contributed by atoms with Crippen LogP contribution in [0.2, 0.25) is 0 Å². The highest BCUT2D eigenvalue weighted by Gasteiger charge is 2.11.